The topological polar surface area (TPSA) is 0 Å². The fraction of sp³-hybridized carbons (Fsp3) is 0.273. The predicted octanol–water partition coefficient (Wildman–Crippen LogP) is 6.01. The third-order valence-electron chi connectivity index (χ3n) is 7.71. The molecular weight excluding hydrogens is 658 g/mol. The summed E-state index contributed by atoms with van der Waals surface area (Å²) in [5.41, 5.74) is -7.05. The minimum atomic E-state index is -5.35. The molecule has 0 unspecified atom stereocenters. The average molecular weight is 686 g/mol. The summed E-state index contributed by atoms with van der Waals surface area (Å²) in [4.78, 5) is 0. The van der Waals surface area contributed by atoms with Crippen molar-refractivity contribution in [2.45, 2.75) is 59.8 Å². The van der Waals surface area contributed by atoms with Gasteiger partial charge in [-0.25, -0.2) is 0 Å². The first-order valence-corrected chi connectivity index (χ1v) is 13.4. The third kappa shape index (κ3) is 8.40. The van der Waals surface area contributed by atoms with Crippen LogP contribution in [-0.4, -0.2) is 6.15 Å². The Morgan fingerprint density at radius 1 is 0.340 bits per heavy atom. The molecule has 4 aromatic rings. The maximum atomic E-state index is 14.2. The SMILES string of the molecule is C.Cc1cc(C)cc([B-](c2cc(C)cc(C(F)(F)F)c2)(c2cc(C)cc(C(F)(F)F)c2)c2cc(C(F)(F)F)cc(C(F)(F)F)c2)c1.[Na+]. The van der Waals surface area contributed by atoms with Gasteiger partial charge in [-0.3, -0.25) is 0 Å². The zero-order valence-electron chi connectivity index (χ0n) is 25.0. The zero-order valence-corrected chi connectivity index (χ0v) is 27.0. The summed E-state index contributed by atoms with van der Waals surface area (Å²) in [6.07, 6.45) is -24.3. The number of benzene rings is 4. The first-order chi connectivity index (χ1) is 20.4. The molecule has 0 N–H and O–H groups in total. The van der Waals surface area contributed by atoms with Gasteiger partial charge in [0.2, 0.25) is 0 Å². The molecule has 0 radical (unpaired) electrons. The van der Waals surface area contributed by atoms with Gasteiger partial charge in [0.05, 0.1) is 22.3 Å². The van der Waals surface area contributed by atoms with E-state index >= 15 is 0 Å². The van der Waals surface area contributed by atoms with Crippen LogP contribution >= 0.6 is 0 Å². The molecular formula is C33H28BF12Na. The van der Waals surface area contributed by atoms with Crippen molar-refractivity contribution < 1.29 is 82.2 Å². The Kier molecular flexibility index (Phi) is 11.6. The van der Waals surface area contributed by atoms with Gasteiger partial charge in [0.15, 0.2) is 0 Å². The van der Waals surface area contributed by atoms with E-state index in [1.54, 1.807) is 19.9 Å². The van der Waals surface area contributed by atoms with E-state index in [1.165, 1.54) is 26.0 Å². The van der Waals surface area contributed by atoms with Gasteiger partial charge in [0, 0.05) is 0 Å². The van der Waals surface area contributed by atoms with Crippen molar-refractivity contribution in [2.24, 2.45) is 0 Å². The maximum Gasteiger partial charge on any atom is 1.00 e. The average Bonchev–Trinajstić information content (AvgIpc) is 2.86. The Hall–Kier alpha value is -2.90. The maximum absolute atomic E-state index is 14.2. The van der Waals surface area contributed by atoms with Crippen molar-refractivity contribution in [2.75, 3.05) is 0 Å². The molecule has 0 fully saturated rings. The van der Waals surface area contributed by atoms with E-state index in [2.05, 4.69) is 0 Å². The van der Waals surface area contributed by atoms with Crippen molar-refractivity contribution in [3.8, 4) is 0 Å². The van der Waals surface area contributed by atoms with Gasteiger partial charge in [-0.05, 0) is 45.9 Å². The summed E-state index contributed by atoms with van der Waals surface area (Å²) in [5, 5.41) is 0. The van der Waals surface area contributed by atoms with E-state index in [0.29, 0.717) is 35.4 Å². The normalized spacial score (nSPS) is 12.8. The number of halogens is 12. The summed E-state index contributed by atoms with van der Waals surface area (Å²) in [6, 6.07) is 9.83. The monoisotopic (exact) mass is 686 g/mol. The molecule has 0 heterocycles. The van der Waals surface area contributed by atoms with Gasteiger partial charge in [-0.1, -0.05) is 84.3 Å². The number of hydrogen-bond acceptors (Lipinski definition) is 0. The molecule has 4 rings (SSSR count). The second-order valence-electron chi connectivity index (χ2n) is 11.4. The summed E-state index contributed by atoms with van der Waals surface area (Å²) >= 11 is 0. The van der Waals surface area contributed by atoms with Crippen molar-refractivity contribution in [3.05, 3.63) is 117 Å². The molecule has 47 heavy (non-hydrogen) atoms. The Morgan fingerprint density at radius 3 is 0.830 bits per heavy atom. The first kappa shape index (κ1) is 40.3. The number of alkyl halides is 12. The summed E-state index contributed by atoms with van der Waals surface area (Å²) in [7, 11) is 0. The van der Waals surface area contributed by atoms with Crippen LogP contribution in [0.5, 0.6) is 0 Å². The molecule has 0 spiro atoms. The van der Waals surface area contributed by atoms with Crippen molar-refractivity contribution in [3.63, 3.8) is 0 Å². The van der Waals surface area contributed by atoms with Crippen molar-refractivity contribution in [1.29, 1.82) is 0 Å². The van der Waals surface area contributed by atoms with Crippen molar-refractivity contribution >= 4 is 28.0 Å². The second-order valence-corrected chi connectivity index (χ2v) is 11.4. The van der Waals surface area contributed by atoms with Crippen LogP contribution < -0.4 is 51.4 Å². The van der Waals surface area contributed by atoms with Crippen LogP contribution in [0.15, 0.2) is 72.8 Å². The Bertz CT molecular complexity index is 1630. The molecule has 0 bridgehead atoms. The molecule has 0 aliphatic heterocycles. The molecule has 0 aromatic heterocycles. The molecule has 0 saturated carbocycles. The Balaban J connectivity index is 0.00000384. The Labute approximate surface area is 286 Å². The summed E-state index contributed by atoms with van der Waals surface area (Å²) in [5.74, 6) is 0. The zero-order chi connectivity index (χ0) is 33.9. The molecule has 14 heteroatoms. The van der Waals surface area contributed by atoms with Crippen LogP contribution in [0.2, 0.25) is 0 Å². The van der Waals surface area contributed by atoms with Crippen LogP contribution in [0.25, 0.3) is 0 Å². The van der Waals surface area contributed by atoms with E-state index < -0.39 is 69.5 Å². The van der Waals surface area contributed by atoms with E-state index in [4.69, 9.17) is 0 Å². The van der Waals surface area contributed by atoms with Crippen molar-refractivity contribution in [1.82, 2.24) is 0 Å². The molecule has 248 valence electrons. The number of rotatable bonds is 4. The number of hydrogen-bond donors (Lipinski definition) is 0. The van der Waals surface area contributed by atoms with Gasteiger partial charge in [0.1, 0.15) is 6.15 Å². The summed E-state index contributed by atoms with van der Waals surface area (Å²) < 4.78 is 170. The molecule has 0 nitrogen and oxygen atoms in total. The molecule has 0 aliphatic carbocycles. The van der Waals surface area contributed by atoms with E-state index in [1.807, 2.05) is 0 Å². The van der Waals surface area contributed by atoms with Gasteiger partial charge in [-0.15, -0.1) is 0 Å². The molecule has 0 saturated heterocycles. The fourth-order valence-corrected chi connectivity index (χ4v) is 6.10. The minimum Gasteiger partial charge on any atom is -0.195 e. The molecule has 0 aliphatic rings. The number of aryl methyl sites for hydroxylation is 4. The van der Waals surface area contributed by atoms with Crippen LogP contribution in [-0.2, 0) is 24.7 Å². The van der Waals surface area contributed by atoms with Gasteiger partial charge in [-0.2, -0.15) is 74.5 Å². The van der Waals surface area contributed by atoms with Crippen LogP contribution in [0, 0.1) is 27.7 Å². The standard InChI is InChI=1S/C32H24BF12.CH4.Na/c1-17-5-18(2)9-25(8-17)33(26-10-19(3)6-21(13-26)29(34,35)36,27-11-20(4)7-22(14-27)30(37,38)39)28-15-23(31(40,41)42)12-24(16-28)32(43,44)45;;/h5-16H,1-4H3;1H4;/q-1;;+1. The minimum absolute atomic E-state index is 0. The Morgan fingerprint density at radius 2 is 0.553 bits per heavy atom. The second kappa shape index (κ2) is 13.5. The van der Waals surface area contributed by atoms with E-state index in [0.717, 1.165) is 24.3 Å². The van der Waals surface area contributed by atoms with Gasteiger partial charge >= 0.3 is 54.3 Å². The van der Waals surface area contributed by atoms with Gasteiger partial charge in [0.25, 0.3) is 0 Å². The third-order valence-corrected chi connectivity index (χ3v) is 7.71. The predicted molar refractivity (Wildman–Crippen MR) is 156 cm³/mol. The van der Waals surface area contributed by atoms with Crippen LogP contribution in [0.1, 0.15) is 51.9 Å². The fourth-order valence-electron chi connectivity index (χ4n) is 6.10. The smallest absolute Gasteiger partial charge is 0.195 e. The largest absolute Gasteiger partial charge is 1.00 e. The first-order valence-electron chi connectivity index (χ1n) is 13.4. The van der Waals surface area contributed by atoms with Gasteiger partial charge < -0.3 is 0 Å². The van der Waals surface area contributed by atoms with Crippen LogP contribution in [0.3, 0.4) is 0 Å². The summed E-state index contributed by atoms with van der Waals surface area (Å²) in [6.45, 7) is 5.57. The van der Waals surface area contributed by atoms with E-state index in [-0.39, 0.29) is 59.6 Å². The quantitative estimate of drug-likeness (QED) is 0.182. The van der Waals surface area contributed by atoms with Crippen LogP contribution in [0.4, 0.5) is 52.7 Å². The molecule has 0 amide bonds. The van der Waals surface area contributed by atoms with E-state index in [9.17, 15) is 52.7 Å². The molecule has 0 atom stereocenters. The molecule has 4 aromatic carbocycles.